The minimum Gasteiger partial charge on any atom is -0.461 e. The number of nitrogens with one attached hydrogen (secondary N) is 1. The fourth-order valence-corrected chi connectivity index (χ4v) is 2.63. The van der Waals surface area contributed by atoms with Crippen LogP contribution < -0.4 is 5.73 Å². The first-order valence-electron chi connectivity index (χ1n) is 7.58. The van der Waals surface area contributed by atoms with E-state index in [1.54, 1.807) is 29.3 Å². The lowest BCUT2D eigenvalue weighted by Crippen LogP contribution is -2.11. The number of hydrogen-bond donors (Lipinski definition) is 2. The Hall–Kier alpha value is -3.35. The predicted molar refractivity (Wildman–Crippen MR) is 90.0 cm³/mol. The van der Waals surface area contributed by atoms with Crippen LogP contribution in [0, 0.1) is 0 Å². The van der Waals surface area contributed by atoms with Gasteiger partial charge in [-0.1, -0.05) is 30.3 Å². The third-order valence-corrected chi connectivity index (χ3v) is 3.96. The molecule has 0 aliphatic heterocycles. The highest BCUT2D eigenvalue weighted by Crippen LogP contribution is 2.28. The van der Waals surface area contributed by atoms with E-state index in [4.69, 9.17) is 10.2 Å². The highest BCUT2D eigenvalue weighted by Gasteiger charge is 2.18. The predicted octanol–water partition coefficient (Wildman–Crippen LogP) is 3.12. The van der Waals surface area contributed by atoms with Crippen molar-refractivity contribution < 1.29 is 4.42 Å². The first-order valence-corrected chi connectivity index (χ1v) is 7.58. The van der Waals surface area contributed by atoms with Crippen LogP contribution in [0.25, 0.3) is 23.0 Å². The Morgan fingerprint density at radius 1 is 1.17 bits per heavy atom. The van der Waals surface area contributed by atoms with E-state index in [9.17, 15) is 0 Å². The molecule has 0 fully saturated rings. The van der Waals surface area contributed by atoms with Crippen molar-refractivity contribution in [3.05, 3.63) is 60.5 Å². The number of aromatic amines is 1. The van der Waals surface area contributed by atoms with Gasteiger partial charge < -0.3 is 10.2 Å². The molecule has 3 aromatic heterocycles. The number of nitrogens with zero attached hydrogens (tertiary/aromatic N) is 4. The largest absolute Gasteiger partial charge is 0.461 e. The molecule has 0 aliphatic carbocycles. The van der Waals surface area contributed by atoms with Gasteiger partial charge in [-0.15, -0.1) is 5.10 Å². The monoisotopic (exact) mass is 320 g/mol. The fraction of sp³-hybridized carbons (Fsp3) is 0.118. The molecular formula is C17H16N6O. The van der Waals surface area contributed by atoms with Crippen molar-refractivity contribution in [3.63, 3.8) is 0 Å². The van der Waals surface area contributed by atoms with Gasteiger partial charge in [0.1, 0.15) is 5.82 Å². The Morgan fingerprint density at radius 2 is 2.00 bits per heavy atom. The summed E-state index contributed by atoms with van der Waals surface area (Å²) in [6.07, 6.45) is 3.28. The van der Waals surface area contributed by atoms with Crippen LogP contribution >= 0.6 is 0 Å². The van der Waals surface area contributed by atoms with Gasteiger partial charge in [-0.3, -0.25) is 5.10 Å². The number of hydrogen-bond acceptors (Lipinski definition) is 5. The number of H-pyrrole nitrogens is 1. The summed E-state index contributed by atoms with van der Waals surface area (Å²) >= 11 is 0. The molecule has 0 radical (unpaired) electrons. The van der Waals surface area contributed by atoms with Gasteiger partial charge in [0.25, 0.3) is 0 Å². The van der Waals surface area contributed by atoms with Crippen molar-refractivity contribution in [1.29, 1.82) is 0 Å². The molecule has 7 nitrogen and oxygen atoms in total. The van der Waals surface area contributed by atoms with Crippen LogP contribution in [-0.4, -0.2) is 25.0 Å². The third-order valence-electron chi connectivity index (χ3n) is 3.96. The lowest BCUT2D eigenvalue weighted by atomic mass is 10.1. The molecule has 0 bridgehead atoms. The molecule has 1 aromatic carbocycles. The van der Waals surface area contributed by atoms with Crippen molar-refractivity contribution in [2.24, 2.45) is 0 Å². The number of aromatic nitrogens is 5. The number of anilines is 1. The first-order chi connectivity index (χ1) is 11.7. The number of furan rings is 1. The minimum atomic E-state index is 0.0208. The third kappa shape index (κ3) is 2.36. The van der Waals surface area contributed by atoms with E-state index >= 15 is 0 Å². The standard InChI is InChI=1S/C17H16N6O/c1-11(12-6-3-2-4-7-12)23-15(18)13(10-19-23)16-20-17(22-21-16)14-8-5-9-24-14/h2-11H,18H2,1H3,(H,20,21,22). The summed E-state index contributed by atoms with van der Waals surface area (Å²) in [6.45, 7) is 2.05. The van der Waals surface area contributed by atoms with Gasteiger partial charge in [-0.25, -0.2) is 9.67 Å². The maximum Gasteiger partial charge on any atom is 0.217 e. The highest BCUT2D eigenvalue weighted by atomic mass is 16.3. The van der Waals surface area contributed by atoms with E-state index in [0.29, 0.717) is 28.8 Å². The zero-order valence-corrected chi connectivity index (χ0v) is 13.0. The summed E-state index contributed by atoms with van der Waals surface area (Å²) in [7, 11) is 0. The van der Waals surface area contributed by atoms with E-state index in [1.807, 2.05) is 18.2 Å². The number of nitrogen functional groups attached to an aromatic ring is 1. The molecule has 7 heteroatoms. The molecule has 1 atom stereocenters. The summed E-state index contributed by atoms with van der Waals surface area (Å²) < 4.78 is 7.08. The van der Waals surface area contributed by atoms with Crippen LogP contribution in [0.4, 0.5) is 5.82 Å². The van der Waals surface area contributed by atoms with Crippen LogP contribution in [0.1, 0.15) is 18.5 Å². The molecule has 3 N–H and O–H groups in total. The second-order valence-electron chi connectivity index (χ2n) is 5.46. The molecule has 0 saturated heterocycles. The number of benzene rings is 1. The number of nitrogens with two attached hydrogens (primary N) is 1. The molecule has 1 unspecified atom stereocenters. The zero-order chi connectivity index (χ0) is 16.5. The molecule has 24 heavy (non-hydrogen) atoms. The van der Waals surface area contributed by atoms with Crippen molar-refractivity contribution in [1.82, 2.24) is 25.0 Å². The maximum atomic E-state index is 6.29. The molecule has 4 rings (SSSR count). The van der Waals surface area contributed by atoms with Crippen molar-refractivity contribution in [3.8, 4) is 23.0 Å². The Labute approximate surface area is 138 Å². The summed E-state index contributed by atoms with van der Waals surface area (Å²) in [5.41, 5.74) is 8.13. The molecular weight excluding hydrogens is 304 g/mol. The lowest BCUT2D eigenvalue weighted by molar-refractivity contribution is 0.573. The minimum absolute atomic E-state index is 0.0208. The summed E-state index contributed by atoms with van der Waals surface area (Å²) in [5, 5.41) is 11.5. The number of rotatable bonds is 4. The van der Waals surface area contributed by atoms with E-state index in [2.05, 4.69) is 39.3 Å². The Bertz CT molecular complexity index is 939. The van der Waals surface area contributed by atoms with Crippen LogP contribution in [0.15, 0.2) is 59.3 Å². The van der Waals surface area contributed by atoms with Crippen LogP contribution in [0.3, 0.4) is 0 Å². The maximum absolute atomic E-state index is 6.29. The van der Waals surface area contributed by atoms with Gasteiger partial charge in [0.05, 0.1) is 24.1 Å². The SMILES string of the molecule is CC(c1ccccc1)n1ncc(-c2nc(-c3ccco3)n[nH]2)c1N. The van der Waals surface area contributed by atoms with Gasteiger partial charge in [0.2, 0.25) is 5.82 Å². The van der Waals surface area contributed by atoms with Gasteiger partial charge >= 0.3 is 0 Å². The van der Waals surface area contributed by atoms with Crippen LogP contribution in [0.5, 0.6) is 0 Å². The molecule has 0 saturated carbocycles. The molecule has 0 amide bonds. The van der Waals surface area contributed by atoms with E-state index in [1.165, 1.54) is 0 Å². The fourth-order valence-electron chi connectivity index (χ4n) is 2.63. The Morgan fingerprint density at radius 3 is 2.75 bits per heavy atom. The van der Waals surface area contributed by atoms with E-state index in [0.717, 1.165) is 5.56 Å². The first kappa shape index (κ1) is 14.3. The lowest BCUT2D eigenvalue weighted by Gasteiger charge is -2.14. The Balaban J connectivity index is 1.68. The highest BCUT2D eigenvalue weighted by molar-refractivity contribution is 5.69. The Kier molecular flexibility index (Phi) is 3.38. The van der Waals surface area contributed by atoms with Crippen LogP contribution in [0.2, 0.25) is 0 Å². The quantitative estimate of drug-likeness (QED) is 0.602. The summed E-state index contributed by atoms with van der Waals surface area (Å²) in [6, 6.07) is 13.7. The smallest absolute Gasteiger partial charge is 0.217 e. The topological polar surface area (TPSA) is 98.5 Å². The van der Waals surface area contributed by atoms with E-state index < -0.39 is 0 Å². The summed E-state index contributed by atoms with van der Waals surface area (Å²) in [4.78, 5) is 4.44. The van der Waals surface area contributed by atoms with E-state index in [-0.39, 0.29) is 6.04 Å². The van der Waals surface area contributed by atoms with Gasteiger partial charge in [0.15, 0.2) is 11.6 Å². The second kappa shape index (κ2) is 5.69. The van der Waals surface area contributed by atoms with Crippen molar-refractivity contribution in [2.75, 3.05) is 5.73 Å². The average Bonchev–Trinajstić information content (AvgIpc) is 3.35. The van der Waals surface area contributed by atoms with Crippen molar-refractivity contribution in [2.45, 2.75) is 13.0 Å². The molecule has 120 valence electrons. The van der Waals surface area contributed by atoms with Gasteiger partial charge in [-0.05, 0) is 24.6 Å². The molecule has 0 spiro atoms. The second-order valence-corrected chi connectivity index (χ2v) is 5.46. The van der Waals surface area contributed by atoms with Crippen molar-refractivity contribution >= 4 is 5.82 Å². The summed E-state index contributed by atoms with van der Waals surface area (Å²) in [5.74, 6) is 2.18. The van der Waals surface area contributed by atoms with Gasteiger partial charge in [-0.2, -0.15) is 5.10 Å². The normalized spacial score (nSPS) is 12.4. The van der Waals surface area contributed by atoms with Gasteiger partial charge in [0, 0.05) is 0 Å². The van der Waals surface area contributed by atoms with Crippen LogP contribution in [-0.2, 0) is 0 Å². The molecule has 0 aliphatic rings. The average molecular weight is 320 g/mol. The molecule has 3 heterocycles. The molecule has 4 aromatic rings. The zero-order valence-electron chi connectivity index (χ0n) is 13.0.